The summed E-state index contributed by atoms with van der Waals surface area (Å²) < 4.78 is 0. The zero-order valence-electron chi connectivity index (χ0n) is 7.66. The van der Waals surface area contributed by atoms with Crippen LogP contribution in [0.4, 0.5) is 0 Å². The number of aromatic nitrogens is 3. The summed E-state index contributed by atoms with van der Waals surface area (Å²) in [6.45, 7) is 0. The van der Waals surface area contributed by atoms with Gasteiger partial charge in [-0.3, -0.25) is 0 Å². The Morgan fingerprint density at radius 3 is 2.80 bits per heavy atom. The van der Waals surface area contributed by atoms with E-state index in [0.717, 1.165) is 5.03 Å². The standard InChI is InChI=1S/C10H6N4S/c11-7-8-4-6-13-10(14-8)15-9-3-1-2-5-12-9/h1-6H. The van der Waals surface area contributed by atoms with Gasteiger partial charge in [-0.1, -0.05) is 6.07 Å². The molecule has 0 atom stereocenters. The minimum Gasteiger partial charge on any atom is -0.249 e. The Labute approximate surface area is 91.0 Å². The van der Waals surface area contributed by atoms with Crippen LogP contribution in [0.3, 0.4) is 0 Å². The van der Waals surface area contributed by atoms with Crippen LogP contribution in [-0.2, 0) is 0 Å². The lowest BCUT2D eigenvalue weighted by atomic mass is 10.5. The van der Waals surface area contributed by atoms with E-state index in [9.17, 15) is 0 Å². The average Bonchev–Trinajstić information content (AvgIpc) is 2.31. The molecule has 2 aromatic heterocycles. The summed E-state index contributed by atoms with van der Waals surface area (Å²) >= 11 is 1.33. The molecule has 0 aliphatic heterocycles. The topological polar surface area (TPSA) is 62.5 Å². The normalized spacial score (nSPS) is 9.53. The van der Waals surface area contributed by atoms with E-state index in [-0.39, 0.29) is 0 Å². The van der Waals surface area contributed by atoms with Gasteiger partial charge >= 0.3 is 0 Å². The molecular formula is C10H6N4S. The summed E-state index contributed by atoms with van der Waals surface area (Å²) in [6.07, 6.45) is 3.27. The van der Waals surface area contributed by atoms with E-state index in [0.29, 0.717) is 10.9 Å². The minimum absolute atomic E-state index is 0.364. The Balaban J connectivity index is 2.22. The molecule has 5 heteroatoms. The molecule has 0 aliphatic carbocycles. The second-order valence-electron chi connectivity index (χ2n) is 2.61. The molecule has 0 aromatic carbocycles. The first-order valence-electron chi connectivity index (χ1n) is 4.20. The molecule has 0 N–H and O–H groups in total. The van der Waals surface area contributed by atoms with Crippen molar-refractivity contribution < 1.29 is 0 Å². The van der Waals surface area contributed by atoms with E-state index in [1.165, 1.54) is 11.8 Å². The van der Waals surface area contributed by atoms with Gasteiger partial charge in [-0.2, -0.15) is 5.26 Å². The van der Waals surface area contributed by atoms with Crippen LogP contribution >= 0.6 is 11.8 Å². The number of rotatable bonds is 2. The molecule has 0 saturated carbocycles. The molecule has 2 heterocycles. The van der Waals surface area contributed by atoms with Crippen molar-refractivity contribution in [2.24, 2.45) is 0 Å². The maximum atomic E-state index is 8.66. The first-order chi connectivity index (χ1) is 7.38. The highest BCUT2D eigenvalue weighted by atomic mass is 32.2. The second kappa shape index (κ2) is 4.53. The Hall–Kier alpha value is -1.93. The molecule has 0 bridgehead atoms. The van der Waals surface area contributed by atoms with Crippen LogP contribution in [0, 0.1) is 11.3 Å². The van der Waals surface area contributed by atoms with E-state index in [1.54, 1.807) is 18.5 Å². The number of hydrogen-bond donors (Lipinski definition) is 0. The fourth-order valence-electron chi connectivity index (χ4n) is 0.953. The number of nitriles is 1. The fraction of sp³-hybridized carbons (Fsp3) is 0. The maximum absolute atomic E-state index is 8.66. The molecule has 4 nitrogen and oxygen atoms in total. The zero-order chi connectivity index (χ0) is 10.5. The van der Waals surface area contributed by atoms with Gasteiger partial charge in [0.1, 0.15) is 16.8 Å². The highest BCUT2D eigenvalue weighted by Gasteiger charge is 2.01. The van der Waals surface area contributed by atoms with Crippen LogP contribution in [-0.4, -0.2) is 15.0 Å². The van der Waals surface area contributed by atoms with Crippen LogP contribution in [0.15, 0.2) is 46.8 Å². The predicted molar refractivity (Wildman–Crippen MR) is 55.1 cm³/mol. The van der Waals surface area contributed by atoms with Crippen molar-refractivity contribution in [2.75, 3.05) is 0 Å². The van der Waals surface area contributed by atoms with Crippen molar-refractivity contribution >= 4 is 11.8 Å². The van der Waals surface area contributed by atoms with Crippen LogP contribution in [0.25, 0.3) is 0 Å². The summed E-state index contributed by atoms with van der Waals surface area (Å²) in [6, 6.07) is 9.14. The third-order valence-electron chi connectivity index (χ3n) is 1.58. The van der Waals surface area contributed by atoms with Crippen LogP contribution in [0.2, 0.25) is 0 Å². The molecule has 0 amide bonds. The monoisotopic (exact) mass is 214 g/mol. The van der Waals surface area contributed by atoms with Crippen molar-refractivity contribution in [2.45, 2.75) is 10.2 Å². The third-order valence-corrected chi connectivity index (χ3v) is 2.41. The Kier molecular flexibility index (Phi) is 2.90. The lowest BCUT2D eigenvalue weighted by Crippen LogP contribution is -1.89. The van der Waals surface area contributed by atoms with Crippen LogP contribution in [0.5, 0.6) is 0 Å². The molecule has 15 heavy (non-hydrogen) atoms. The minimum atomic E-state index is 0.364. The first-order valence-corrected chi connectivity index (χ1v) is 5.02. The summed E-state index contributed by atoms with van der Waals surface area (Å²) in [7, 11) is 0. The molecular weight excluding hydrogens is 208 g/mol. The SMILES string of the molecule is N#Cc1ccnc(Sc2ccccn2)n1. The van der Waals surface area contributed by atoms with E-state index in [4.69, 9.17) is 5.26 Å². The van der Waals surface area contributed by atoms with Crippen molar-refractivity contribution in [1.29, 1.82) is 5.26 Å². The Morgan fingerprint density at radius 1 is 1.13 bits per heavy atom. The molecule has 72 valence electrons. The second-order valence-corrected chi connectivity index (χ2v) is 3.59. The van der Waals surface area contributed by atoms with Gasteiger partial charge in [0.25, 0.3) is 0 Å². The molecule has 0 saturated heterocycles. The highest BCUT2D eigenvalue weighted by molar-refractivity contribution is 7.99. The number of pyridine rings is 1. The lowest BCUT2D eigenvalue weighted by Gasteiger charge is -1.97. The van der Waals surface area contributed by atoms with Crippen molar-refractivity contribution in [3.63, 3.8) is 0 Å². The van der Waals surface area contributed by atoms with Gasteiger partial charge in [-0.15, -0.1) is 0 Å². The van der Waals surface area contributed by atoms with Gasteiger partial charge < -0.3 is 0 Å². The zero-order valence-corrected chi connectivity index (χ0v) is 8.48. The summed E-state index contributed by atoms with van der Waals surface area (Å²) in [4.78, 5) is 12.2. The van der Waals surface area contributed by atoms with Gasteiger partial charge in [-0.05, 0) is 30.0 Å². The molecule has 0 fully saturated rings. The van der Waals surface area contributed by atoms with Gasteiger partial charge in [-0.25, -0.2) is 15.0 Å². The van der Waals surface area contributed by atoms with Crippen molar-refractivity contribution in [3.05, 3.63) is 42.4 Å². The Bertz CT molecular complexity index is 492. The average molecular weight is 214 g/mol. The molecule has 0 aliphatic rings. The van der Waals surface area contributed by atoms with Crippen LogP contribution in [0.1, 0.15) is 5.69 Å². The molecule has 2 rings (SSSR count). The molecule has 0 radical (unpaired) electrons. The fourth-order valence-corrected chi connectivity index (χ4v) is 1.66. The lowest BCUT2D eigenvalue weighted by molar-refractivity contribution is 0.946. The van der Waals surface area contributed by atoms with E-state index in [2.05, 4.69) is 15.0 Å². The quantitative estimate of drug-likeness (QED) is 0.714. The molecule has 0 spiro atoms. The van der Waals surface area contributed by atoms with Crippen LogP contribution < -0.4 is 0 Å². The number of hydrogen-bond acceptors (Lipinski definition) is 5. The maximum Gasteiger partial charge on any atom is 0.195 e. The van der Waals surface area contributed by atoms with Gasteiger partial charge in [0.05, 0.1) is 0 Å². The van der Waals surface area contributed by atoms with Crippen molar-refractivity contribution in [1.82, 2.24) is 15.0 Å². The molecule has 2 aromatic rings. The van der Waals surface area contributed by atoms with Gasteiger partial charge in [0.15, 0.2) is 5.16 Å². The predicted octanol–water partition coefficient (Wildman–Crippen LogP) is 1.89. The smallest absolute Gasteiger partial charge is 0.195 e. The Morgan fingerprint density at radius 2 is 2.07 bits per heavy atom. The van der Waals surface area contributed by atoms with E-state index in [1.807, 2.05) is 24.3 Å². The summed E-state index contributed by atoms with van der Waals surface area (Å²) in [5.41, 5.74) is 0.364. The van der Waals surface area contributed by atoms with Gasteiger partial charge in [0, 0.05) is 12.4 Å². The van der Waals surface area contributed by atoms with E-state index < -0.39 is 0 Å². The van der Waals surface area contributed by atoms with E-state index >= 15 is 0 Å². The third kappa shape index (κ3) is 2.51. The van der Waals surface area contributed by atoms with Crippen molar-refractivity contribution in [3.8, 4) is 6.07 Å². The molecule has 0 unspecified atom stereocenters. The highest BCUT2D eigenvalue weighted by Crippen LogP contribution is 2.21. The largest absolute Gasteiger partial charge is 0.249 e. The number of nitrogens with zero attached hydrogens (tertiary/aromatic N) is 4. The first kappa shape index (κ1) is 9.62. The summed E-state index contributed by atoms with van der Waals surface area (Å²) in [5.74, 6) is 0. The summed E-state index contributed by atoms with van der Waals surface area (Å²) in [5, 5.41) is 10.0. The van der Waals surface area contributed by atoms with Gasteiger partial charge in [0.2, 0.25) is 0 Å².